The zero-order valence-corrected chi connectivity index (χ0v) is 11.9. The Morgan fingerprint density at radius 3 is 2.90 bits per heavy atom. The van der Waals surface area contributed by atoms with Gasteiger partial charge >= 0.3 is 0 Å². The molecule has 1 aromatic heterocycles. The molecule has 0 aliphatic carbocycles. The first-order valence-corrected chi connectivity index (χ1v) is 6.62. The molecular formula is C14H19N5O. The van der Waals surface area contributed by atoms with Crippen molar-refractivity contribution >= 4 is 11.6 Å². The second kappa shape index (κ2) is 6.18. The lowest BCUT2D eigenvalue weighted by Crippen LogP contribution is -2.28. The van der Waals surface area contributed by atoms with Crippen molar-refractivity contribution in [2.75, 3.05) is 11.9 Å². The molecule has 0 spiro atoms. The van der Waals surface area contributed by atoms with E-state index in [2.05, 4.69) is 25.8 Å². The lowest BCUT2D eigenvalue weighted by Gasteiger charge is -2.15. The maximum atomic E-state index is 12.4. The summed E-state index contributed by atoms with van der Waals surface area (Å²) in [5, 5.41) is 12.6. The van der Waals surface area contributed by atoms with Crippen LogP contribution in [-0.2, 0) is 0 Å². The Bertz CT molecular complexity index is 579. The summed E-state index contributed by atoms with van der Waals surface area (Å²) in [4.78, 5) is 16.4. The summed E-state index contributed by atoms with van der Waals surface area (Å²) in [5.74, 6) is 0.504. The van der Waals surface area contributed by atoms with E-state index < -0.39 is 0 Å². The molecule has 2 aromatic rings. The van der Waals surface area contributed by atoms with Gasteiger partial charge in [0.25, 0.3) is 5.91 Å². The molecule has 1 aromatic carbocycles. The molecule has 0 radical (unpaired) electrons. The Labute approximate surface area is 118 Å². The van der Waals surface area contributed by atoms with Crippen molar-refractivity contribution < 1.29 is 4.79 Å². The molecule has 0 saturated heterocycles. The van der Waals surface area contributed by atoms with Gasteiger partial charge in [-0.25, -0.2) is 4.98 Å². The molecule has 6 heteroatoms. The number of hydrogen-bond donors (Lipinski definition) is 3. The first kappa shape index (κ1) is 14.0. The first-order valence-electron chi connectivity index (χ1n) is 6.62. The number of nitrogens with zero attached hydrogens (tertiary/aromatic N) is 2. The summed E-state index contributed by atoms with van der Waals surface area (Å²) in [5.41, 5.74) is 2.52. The molecule has 0 fully saturated rings. The maximum Gasteiger partial charge on any atom is 0.253 e. The zero-order chi connectivity index (χ0) is 14.5. The highest BCUT2D eigenvalue weighted by Crippen LogP contribution is 2.18. The van der Waals surface area contributed by atoms with E-state index in [4.69, 9.17) is 0 Å². The Hall–Kier alpha value is -2.37. The molecule has 6 nitrogen and oxygen atoms in total. The molecule has 0 saturated carbocycles. The van der Waals surface area contributed by atoms with Crippen molar-refractivity contribution in [3.8, 4) is 0 Å². The minimum Gasteiger partial charge on any atom is -0.385 e. The number of amides is 1. The van der Waals surface area contributed by atoms with E-state index in [-0.39, 0.29) is 11.9 Å². The van der Waals surface area contributed by atoms with E-state index in [0.29, 0.717) is 11.4 Å². The van der Waals surface area contributed by atoms with Crippen molar-refractivity contribution in [2.45, 2.75) is 26.8 Å². The van der Waals surface area contributed by atoms with Crippen molar-refractivity contribution in [3.63, 3.8) is 0 Å². The summed E-state index contributed by atoms with van der Waals surface area (Å²) in [6.45, 7) is 6.59. The zero-order valence-electron chi connectivity index (χ0n) is 11.9. The number of carbonyl (C=O) groups is 1. The molecule has 1 heterocycles. The van der Waals surface area contributed by atoms with E-state index in [1.165, 1.54) is 6.33 Å². The van der Waals surface area contributed by atoms with Crippen LogP contribution in [0.5, 0.6) is 0 Å². The van der Waals surface area contributed by atoms with Crippen LogP contribution in [0, 0.1) is 6.92 Å². The number of nitrogens with one attached hydrogen (secondary N) is 3. The monoisotopic (exact) mass is 273 g/mol. The quantitative estimate of drug-likeness (QED) is 0.778. The minimum absolute atomic E-state index is 0.131. The Balaban J connectivity index is 2.18. The van der Waals surface area contributed by atoms with Crippen LogP contribution in [0.4, 0.5) is 5.69 Å². The molecule has 2 rings (SSSR count). The third-order valence-corrected chi connectivity index (χ3v) is 2.98. The summed E-state index contributed by atoms with van der Waals surface area (Å²) < 4.78 is 0. The Kier molecular flexibility index (Phi) is 4.34. The summed E-state index contributed by atoms with van der Waals surface area (Å²) in [6.07, 6.45) is 1.43. The van der Waals surface area contributed by atoms with Crippen molar-refractivity contribution in [3.05, 3.63) is 41.5 Å². The number of rotatable bonds is 5. The van der Waals surface area contributed by atoms with Crippen molar-refractivity contribution in [1.82, 2.24) is 20.5 Å². The standard InChI is InChI=1S/C14H19N5O/c1-4-15-12-6-5-9(2)7-11(12)14(20)18-10(3)13-16-8-17-19-13/h5-8,10,15H,4H2,1-3H3,(H,18,20)(H,16,17,19). The normalized spacial score (nSPS) is 11.9. The van der Waals surface area contributed by atoms with Crippen molar-refractivity contribution in [1.29, 1.82) is 0 Å². The topological polar surface area (TPSA) is 82.7 Å². The van der Waals surface area contributed by atoms with Gasteiger partial charge in [-0.15, -0.1) is 0 Å². The predicted molar refractivity (Wildman–Crippen MR) is 77.6 cm³/mol. The minimum atomic E-state index is -0.222. The molecule has 106 valence electrons. The van der Waals surface area contributed by atoms with Gasteiger partial charge in [-0.3, -0.25) is 9.89 Å². The number of anilines is 1. The largest absolute Gasteiger partial charge is 0.385 e. The highest BCUT2D eigenvalue weighted by atomic mass is 16.1. The molecule has 1 amide bonds. The van der Waals surface area contributed by atoms with Crippen LogP contribution in [0.1, 0.15) is 41.6 Å². The molecule has 3 N–H and O–H groups in total. The van der Waals surface area contributed by atoms with E-state index in [1.807, 2.05) is 39.0 Å². The van der Waals surface area contributed by atoms with Crippen LogP contribution in [0.3, 0.4) is 0 Å². The lowest BCUT2D eigenvalue weighted by molar-refractivity contribution is 0.0939. The molecule has 1 unspecified atom stereocenters. The third kappa shape index (κ3) is 3.14. The second-order valence-electron chi connectivity index (χ2n) is 4.65. The highest BCUT2D eigenvalue weighted by Gasteiger charge is 2.16. The van der Waals surface area contributed by atoms with Gasteiger partial charge < -0.3 is 10.6 Å². The summed E-state index contributed by atoms with van der Waals surface area (Å²) >= 11 is 0. The highest BCUT2D eigenvalue weighted by molar-refractivity contribution is 6.00. The average molecular weight is 273 g/mol. The molecule has 0 bridgehead atoms. The van der Waals surface area contributed by atoms with Gasteiger partial charge in [0.1, 0.15) is 12.2 Å². The Morgan fingerprint density at radius 2 is 2.25 bits per heavy atom. The second-order valence-corrected chi connectivity index (χ2v) is 4.65. The van der Waals surface area contributed by atoms with E-state index >= 15 is 0 Å². The van der Waals surface area contributed by atoms with Crippen LogP contribution in [0.25, 0.3) is 0 Å². The van der Waals surface area contributed by atoms with Crippen molar-refractivity contribution in [2.24, 2.45) is 0 Å². The van der Waals surface area contributed by atoms with Crippen LogP contribution in [0.2, 0.25) is 0 Å². The smallest absolute Gasteiger partial charge is 0.253 e. The number of H-pyrrole nitrogens is 1. The van der Waals surface area contributed by atoms with E-state index in [9.17, 15) is 4.79 Å². The van der Waals surface area contributed by atoms with Gasteiger partial charge in [0.2, 0.25) is 0 Å². The van der Waals surface area contributed by atoms with Gasteiger partial charge in [0.05, 0.1) is 11.6 Å². The predicted octanol–water partition coefficient (Wildman–Crippen LogP) is 2.04. The SMILES string of the molecule is CCNc1ccc(C)cc1C(=O)NC(C)c1ncn[nH]1. The fourth-order valence-electron chi connectivity index (χ4n) is 1.96. The number of aromatic nitrogens is 3. The van der Waals surface area contributed by atoms with Gasteiger partial charge in [-0.05, 0) is 32.9 Å². The van der Waals surface area contributed by atoms with Crippen LogP contribution in [-0.4, -0.2) is 27.6 Å². The number of hydrogen-bond acceptors (Lipinski definition) is 4. The van der Waals surface area contributed by atoms with Gasteiger partial charge in [-0.2, -0.15) is 5.10 Å². The molecule has 0 aliphatic heterocycles. The number of aromatic amines is 1. The number of benzene rings is 1. The molecule has 0 aliphatic rings. The van der Waals surface area contributed by atoms with E-state index in [0.717, 1.165) is 17.8 Å². The number of carbonyl (C=O) groups excluding carboxylic acids is 1. The first-order chi connectivity index (χ1) is 9.61. The molecule has 1 atom stereocenters. The average Bonchev–Trinajstić information content (AvgIpc) is 2.95. The molecule has 20 heavy (non-hydrogen) atoms. The number of aryl methyl sites for hydroxylation is 1. The van der Waals surface area contributed by atoms with Crippen LogP contribution < -0.4 is 10.6 Å². The van der Waals surface area contributed by atoms with Gasteiger partial charge in [0.15, 0.2) is 0 Å². The van der Waals surface area contributed by atoms with Gasteiger partial charge in [-0.1, -0.05) is 11.6 Å². The van der Waals surface area contributed by atoms with E-state index in [1.54, 1.807) is 0 Å². The third-order valence-electron chi connectivity index (χ3n) is 2.98. The van der Waals surface area contributed by atoms with Gasteiger partial charge in [0, 0.05) is 12.2 Å². The molecular weight excluding hydrogens is 254 g/mol. The van der Waals surface area contributed by atoms with Crippen LogP contribution >= 0.6 is 0 Å². The lowest BCUT2D eigenvalue weighted by atomic mass is 10.1. The Morgan fingerprint density at radius 1 is 1.45 bits per heavy atom. The summed E-state index contributed by atoms with van der Waals surface area (Å²) in [7, 11) is 0. The summed E-state index contributed by atoms with van der Waals surface area (Å²) in [6, 6.07) is 5.56. The fourth-order valence-corrected chi connectivity index (χ4v) is 1.96. The van der Waals surface area contributed by atoms with Crippen LogP contribution in [0.15, 0.2) is 24.5 Å². The fraction of sp³-hybridized carbons (Fsp3) is 0.357. The maximum absolute atomic E-state index is 12.4.